The van der Waals surface area contributed by atoms with Crippen molar-refractivity contribution in [3.8, 4) is 0 Å². The van der Waals surface area contributed by atoms with E-state index < -0.39 is 6.10 Å². The van der Waals surface area contributed by atoms with Gasteiger partial charge in [0.15, 0.2) is 0 Å². The molecule has 2 atom stereocenters. The summed E-state index contributed by atoms with van der Waals surface area (Å²) in [4.78, 5) is 12.2. The molecule has 34 heavy (non-hydrogen) atoms. The summed E-state index contributed by atoms with van der Waals surface area (Å²) in [7, 11) is 0. The molecular formula is C30H61NO3. The molecule has 4 nitrogen and oxygen atoms in total. The third-order valence-electron chi connectivity index (χ3n) is 7.11. The van der Waals surface area contributed by atoms with E-state index >= 15 is 0 Å². The lowest BCUT2D eigenvalue weighted by Gasteiger charge is -2.19. The summed E-state index contributed by atoms with van der Waals surface area (Å²) in [5.74, 6) is -0.313. The first-order chi connectivity index (χ1) is 16.7. The molecule has 0 aromatic rings. The first kappa shape index (κ1) is 33.4. The number of hydrogen-bond acceptors (Lipinski definition) is 3. The van der Waals surface area contributed by atoms with Crippen molar-refractivity contribution >= 4 is 5.91 Å². The van der Waals surface area contributed by atoms with Gasteiger partial charge in [-0.2, -0.15) is 0 Å². The van der Waals surface area contributed by atoms with E-state index in [0.717, 1.165) is 32.1 Å². The lowest BCUT2D eigenvalue weighted by atomic mass is 10.0. The van der Waals surface area contributed by atoms with Gasteiger partial charge in [-0.1, -0.05) is 155 Å². The minimum atomic E-state index is -0.939. The zero-order valence-electron chi connectivity index (χ0n) is 23.1. The highest BCUT2D eigenvalue weighted by atomic mass is 16.3. The fraction of sp³-hybridized carbons (Fsp3) is 0.967. The number of amides is 1. The van der Waals surface area contributed by atoms with Crippen LogP contribution in [0.4, 0.5) is 0 Å². The van der Waals surface area contributed by atoms with Crippen LogP contribution in [0.1, 0.15) is 168 Å². The van der Waals surface area contributed by atoms with Crippen molar-refractivity contribution in [2.45, 2.75) is 180 Å². The number of carbonyl (C=O) groups is 1. The topological polar surface area (TPSA) is 69.6 Å². The van der Waals surface area contributed by atoms with Crippen molar-refractivity contribution in [2.24, 2.45) is 0 Å². The van der Waals surface area contributed by atoms with E-state index in [0.29, 0.717) is 6.42 Å². The number of hydrogen-bond donors (Lipinski definition) is 3. The number of carbonyl (C=O) groups excluding carboxylic acids is 1. The average molecular weight is 484 g/mol. The molecule has 0 bridgehead atoms. The molecule has 1 amide bonds. The summed E-state index contributed by atoms with van der Waals surface area (Å²) in [6.07, 6.45) is 28.6. The Hall–Kier alpha value is -0.610. The van der Waals surface area contributed by atoms with Gasteiger partial charge in [-0.15, -0.1) is 0 Å². The zero-order valence-corrected chi connectivity index (χ0v) is 23.1. The Balaban J connectivity index is 3.56. The summed E-state index contributed by atoms with van der Waals surface area (Å²) in [6, 6.07) is -0.224. The second kappa shape index (κ2) is 27.0. The standard InChI is InChI=1S/C30H61NO3/c1-3-5-7-9-11-13-14-15-16-17-18-19-21-23-25-28(27-32)31-30(34)29(33)26-24-22-20-12-10-8-6-4-2/h28-29,32-33H,3-27H2,1-2H3,(H,31,34)/t28-,29?/m1/s1. The predicted molar refractivity (Wildman–Crippen MR) is 147 cm³/mol. The van der Waals surface area contributed by atoms with Crippen LogP contribution in [0, 0.1) is 0 Å². The minimum absolute atomic E-state index is 0.0470. The summed E-state index contributed by atoms with van der Waals surface area (Å²) in [6.45, 7) is 4.45. The maximum absolute atomic E-state index is 12.2. The van der Waals surface area contributed by atoms with Crippen molar-refractivity contribution in [1.82, 2.24) is 5.32 Å². The lowest BCUT2D eigenvalue weighted by Crippen LogP contribution is -2.43. The molecule has 0 saturated carbocycles. The lowest BCUT2D eigenvalue weighted by molar-refractivity contribution is -0.130. The quantitative estimate of drug-likeness (QED) is 0.103. The fourth-order valence-corrected chi connectivity index (χ4v) is 4.69. The molecular weight excluding hydrogens is 422 g/mol. The molecule has 0 aliphatic heterocycles. The molecule has 4 heteroatoms. The van der Waals surface area contributed by atoms with E-state index in [4.69, 9.17) is 0 Å². The van der Waals surface area contributed by atoms with E-state index in [2.05, 4.69) is 19.2 Å². The zero-order chi connectivity index (χ0) is 25.1. The van der Waals surface area contributed by atoms with E-state index in [1.807, 2.05) is 0 Å². The predicted octanol–water partition coefficient (Wildman–Crippen LogP) is 8.23. The van der Waals surface area contributed by atoms with Crippen molar-refractivity contribution in [3.63, 3.8) is 0 Å². The fourth-order valence-electron chi connectivity index (χ4n) is 4.69. The molecule has 0 aliphatic carbocycles. The molecule has 0 aliphatic rings. The van der Waals surface area contributed by atoms with Gasteiger partial charge in [0, 0.05) is 0 Å². The van der Waals surface area contributed by atoms with Crippen LogP contribution in [-0.4, -0.2) is 34.9 Å². The molecule has 0 radical (unpaired) electrons. The molecule has 0 aromatic carbocycles. The van der Waals surface area contributed by atoms with Gasteiger partial charge in [-0.25, -0.2) is 0 Å². The van der Waals surface area contributed by atoms with Gasteiger partial charge in [0.05, 0.1) is 12.6 Å². The van der Waals surface area contributed by atoms with Gasteiger partial charge < -0.3 is 15.5 Å². The second-order valence-corrected chi connectivity index (χ2v) is 10.6. The van der Waals surface area contributed by atoms with Crippen molar-refractivity contribution in [2.75, 3.05) is 6.61 Å². The van der Waals surface area contributed by atoms with E-state index in [1.54, 1.807) is 0 Å². The Morgan fingerprint density at radius 1 is 0.559 bits per heavy atom. The summed E-state index contributed by atoms with van der Waals surface area (Å²) in [5, 5.41) is 22.6. The third-order valence-corrected chi connectivity index (χ3v) is 7.11. The van der Waals surface area contributed by atoms with Crippen LogP contribution in [0.15, 0.2) is 0 Å². The number of unbranched alkanes of at least 4 members (excludes halogenated alkanes) is 20. The normalized spacial score (nSPS) is 13.2. The van der Waals surface area contributed by atoms with E-state index in [-0.39, 0.29) is 18.6 Å². The van der Waals surface area contributed by atoms with Crippen LogP contribution in [0.3, 0.4) is 0 Å². The molecule has 0 fully saturated rings. The highest BCUT2D eigenvalue weighted by Gasteiger charge is 2.18. The number of rotatable bonds is 27. The number of aliphatic hydroxyl groups excluding tert-OH is 2. The van der Waals surface area contributed by atoms with Crippen LogP contribution in [-0.2, 0) is 4.79 Å². The van der Waals surface area contributed by atoms with Crippen molar-refractivity contribution in [1.29, 1.82) is 0 Å². The van der Waals surface area contributed by atoms with Gasteiger partial charge in [-0.3, -0.25) is 4.79 Å². The molecule has 1 unspecified atom stereocenters. The van der Waals surface area contributed by atoms with Crippen LogP contribution in [0.25, 0.3) is 0 Å². The Morgan fingerprint density at radius 2 is 0.882 bits per heavy atom. The van der Waals surface area contributed by atoms with Crippen LogP contribution < -0.4 is 5.32 Å². The Labute approximate surface area is 213 Å². The molecule has 0 heterocycles. The van der Waals surface area contributed by atoms with Gasteiger partial charge >= 0.3 is 0 Å². The van der Waals surface area contributed by atoms with E-state index in [9.17, 15) is 15.0 Å². The Morgan fingerprint density at radius 3 is 1.24 bits per heavy atom. The molecule has 204 valence electrons. The first-order valence-electron chi connectivity index (χ1n) is 15.2. The van der Waals surface area contributed by atoms with Gasteiger partial charge in [0.2, 0.25) is 5.91 Å². The van der Waals surface area contributed by atoms with Crippen molar-refractivity contribution < 1.29 is 15.0 Å². The number of aliphatic hydroxyl groups is 2. The summed E-state index contributed by atoms with van der Waals surface area (Å²) in [5.41, 5.74) is 0. The summed E-state index contributed by atoms with van der Waals surface area (Å²) >= 11 is 0. The average Bonchev–Trinajstić information content (AvgIpc) is 2.84. The third kappa shape index (κ3) is 23.1. The summed E-state index contributed by atoms with van der Waals surface area (Å²) < 4.78 is 0. The van der Waals surface area contributed by atoms with Gasteiger partial charge in [0.25, 0.3) is 0 Å². The Kier molecular flexibility index (Phi) is 26.5. The SMILES string of the molecule is CCCCCCCCCCCCCCCC[C@H](CO)NC(=O)C(O)CCCCCCCCCC. The molecule has 3 N–H and O–H groups in total. The maximum Gasteiger partial charge on any atom is 0.249 e. The maximum atomic E-state index is 12.2. The first-order valence-corrected chi connectivity index (χ1v) is 15.2. The van der Waals surface area contributed by atoms with Gasteiger partial charge in [0.1, 0.15) is 6.10 Å². The molecule has 0 rings (SSSR count). The van der Waals surface area contributed by atoms with Crippen molar-refractivity contribution in [3.05, 3.63) is 0 Å². The smallest absolute Gasteiger partial charge is 0.249 e. The molecule has 0 spiro atoms. The highest BCUT2D eigenvalue weighted by Crippen LogP contribution is 2.14. The molecule has 0 aromatic heterocycles. The molecule has 0 saturated heterocycles. The largest absolute Gasteiger partial charge is 0.394 e. The van der Waals surface area contributed by atoms with Gasteiger partial charge in [-0.05, 0) is 12.8 Å². The van der Waals surface area contributed by atoms with Crippen LogP contribution >= 0.6 is 0 Å². The Bertz CT molecular complexity index is 416. The van der Waals surface area contributed by atoms with Crippen LogP contribution in [0.2, 0.25) is 0 Å². The monoisotopic (exact) mass is 483 g/mol. The minimum Gasteiger partial charge on any atom is -0.394 e. The number of nitrogens with one attached hydrogen (secondary N) is 1. The second-order valence-electron chi connectivity index (χ2n) is 10.6. The van der Waals surface area contributed by atoms with E-state index in [1.165, 1.54) is 116 Å². The van der Waals surface area contributed by atoms with Crippen LogP contribution in [0.5, 0.6) is 0 Å². The highest BCUT2D eigenvalue weighted by molar-refractivity contribution is 5.80.